The average molecular weight is 354 g/mol. The fourth-order valence-corrected chi connectivity index (χ4v) is 4.36. The van der Waals surface area contributed by atoms with E-state index in [1.807, 2.05) is 37.3 Å². The summed E-state index contributed by atoms with van der Waals surface area (Å²) < 4.78 is 0. The zero-order chi connectivity index (χ0) is 18.7. The van der Waals surface area contributed by atoms with Gasteiger partial charge in [0.25, 0.3) is 0 Å². The molecule has 2 N–H and O–H groups in total. The first-order valence-electron chi connectivity index (χ1n) is 9.78. The van der Waals surface area contributed by atoms with Crippen LogP contribution in [0.3, 0.4) is 0 Å². The Labute approximate surface area is 157 Å². The molecular weight excluding hydrogens is 322 g/mol. The third kappa shape index (κ3) is 3.85. The highest BCUT2D eigenvalue weighted by atomic mass is 16.3. The second-order valence-electron chi connectivity index (χ2n) is 7.72. The maximum Gasteiger partial charge on any atom is 0.134 e. The van der Waals surface area contributed by atoms with Crippen molar-refractivity contribution in [2.45, 2.75) is 70.4 Å². The zero-order valence-corrected chi connectivity index (χ0v) is 16.0. The minimum atomic E-state index is -0.848. The molecule has 1 aliphatic rings. The first-order valence-corrected chi connectivity index (χ1v) is 9.78. The van der Waals surface area contributed by atoms with Gasteiger partial charge in [-0.3, -0.25) is 4.90 Å². The van der Waals surface area contributed by atoms with Crippen molar-refractivity contribution in [2.75, 3.05) is 0 Å². The fraction of sp³-hybridized carbons (Fsp3) is 0.478. The molecule has 3 heteroatoms. The van der Waals surface area contributed by atoms with Crippen molar-refractivity contribution in [1.82, 2.24) is 4.90 Å². The lowest BCUT2D eigenvalue weighted by molar-refractivity contribution is -0.130. The Hall–Kier alpha value is -1.68. The highest BCUT2D eigenvalue weighted by Crippen LogP contribution is 2.34. The van der Waals surface area contributed by atoms with Gasteiger partial charge in [-0.15, -0.1) is 0 Å². The second-order valence-corrected chi connectivity index (χ2v) is 7.72. The standard InChI is InChI=1S/C23H31NO2/c1-16-10-9-11-17(2)24(16)23(26)22(25)18(3)20-14-7-8-15-21(20)19-12-5-4-6-13-19/h4-8,12-18,22-23,25-26H,9-11H2,1-3H3. The van der Waals surface area contributed by atoms with Crippen LogP contribution in [-0.2, 0) is 0 Å². The summed E-state index contributed by atoms with van der Waals surface area (Å²) >= 11 is 0. The predicted molar refractivity (Wildman–Crippen MR) is 107 cm³/mol. The molecule has 0 aromatic heterocycles. The minimum Gasteiger partial charge on any atom is -0.388 e. The van der Waals surface area contributed by atoms with Gasteiger partial charge >= 0.3 is 0 Å². The molecule has 3 rings (SSSR count). The Balaban J connectivity index is 1.86. The van der Waals surface area contributed by atoms with Crippen LogP contribution in [0.15, 0.2) is 54.6 Å². The molecule has 0 saturated carbocycles. The number of benzene rings is 2. The molecule has 2 aromatic carbocycles. The number of nitrogens with zero attached hydrogens (tertiary/aromatic N) is 1. The summed E-state index contributed by atoms with van der Waals surface area (Å²) in [5.41, 5.74) is 3.32. The first kappa shape index (κ1) is 19.1. The molecule has 26 heavy (non-hydrogen) atoms. The molecule has 2 aromatic rings. The summed E-state index contributed by atoms with van der Waals surface area (Å²) in [4.78, 5) is 2.09. The maximum absolute atomic E-state index is 11.0. The van der Waals surface area contributed by atoms with Crippen LogP contribution in [0.4, 0.5) is 0 Å². The molecule has 1 saturated heterocycles. The van der Waals surface area contributed by atoms with Crippen LogP contribution in [0.25, 0.3) is 11.1 Å². The molecule has 5 atom stereocenters. The second kappa shape index (κ2) is 8.34. The Morgan fingerprint density at radius 2 is 1.46 bits per heavy atom. The Kier molecular flexibility index (Phi) is 6.13. The molecule has 0 aliphatic carbocycles. The molecular formula is C23H31NO2. The van der Waals surface area contributed by atoms with Crippen molar-refractivity contribution in [3.05, 3.63) is 60.2 Å². The summed E-state index contributed by atoms with van der Waals surface area (Å²) in [7, 11) is 0. The molecule has 140 valence electrons. The number of aliphatic hydroxyl groups excluding tert-OH is 2. The van der Waals surface area contributed by atoms with E-state index in [2.05, 4.69) is 43.0 Å². The van der Waals surface area contributed by atoms with Gasteiger partial charge in [0.1, 0.15) is 12.3 Å². The van der Waals surface area contributed by atoms with E-state index in [4.69, 9.17) is 0 Å². The Bertz CT molecular complexity index is 692. The van der Waals surface area contributed by atoms with Crippen molar-refractivity contribution < 1.29 is 10.2 Å². The van der Waals surface area contributed by atoms with Crippen molar-refractivity contribution in [1.29, 1.82) is 0 Å². The summed E-state index contributed by atoms with van der Waals surface area (Å²) in [6, 6.07) is 19.0. The van der Waals surface area contributed by atoms with Crippen molar-refractivity contribution >= 4 is 0 Å². The predicted octanol–water partition coefficient (Wildman–Crippen LogP) is 4.40. The molecule has 0 spiro atoms. The van der Waals surface area contributed by atoms with Crippen LogP contribution < -0.4 is 0 Å². The van der Waals surface area contributed by atoms with Gasteiger partial charge in [-0.05, 0) is 43.4 Å². The third-order valence-corrected chi connectivity index (χ3v) is 5.92. The monoisotopic (exact) mass is 353 g/mol. The average Bonchev–Trinajstić information content (AvgIpc) is 2.67. The highest BCUT2D eigenvalue weighted by Gasteiger charge is 2.36. The molecule has 5 unspecified atom stereocenters. The molecule has 1 aliphatic heterocycles. The molecule has 0 amide bonds. The molecule has 0 bridgehead atoms. The maximum atomic E-state index is 11.0. The van der Waals surface area contributed by atoms with Crippen LogP contribution >= 0.6 is 0 Å². The van der Waals surface area contributed by atoms with E-state index in [9.17, 15) is 10.2 Å². The largest absolute Gasteiger partial charge is 0.388 e. The van der Waals surface area contributed by atoms with E-state index in [0.29, 0.717) is 12.1 Å². The van der Waals surface area contributed by atoms with Gasteiger partial charge in [0.2, 0.25) is 0 Å². The van der Waals surface area contributed by atoms with Gasteiger partial charge in [-0.1, -0.05) is 67.9 Å². The SMILES string of the molecule is CC(c1ccccc1-c1ccccc1)C(O)C(O)N1C(C)CCCC1C. The van der Waals surface area contributed by atoms with Gasteiger partial charge in [0.05, 0.1) is 0 Å². The van der Waals surface area contributed by atoms with Crippen LogP contribution in [0, 0.1) is 0 Å². The highest BCUT2D eigenvalue weighted by molar-refractivity contribution is 5.68. The number of rotatable bonds is 5. The van der Waals surface area contributed by atoms with Gasteiger partial charge in [0.15, 0.2) is 0 Å². The van der Waals surface area contributed by atoms with E-state index in [-0.39, 0.29) is 5.92 Å². The topological polar surface area (TPSA) is 43.7 Å². The van der Waals surface area contributed by atoms with Crippen molar-refractivity contribution in [3.63, 3.8) is 0 Å². The smallest absolute Gasteiger partial charge is 0.134 e. The van der Waals surface area contributed by atoms with Crippen molar-refractivity contribution in [3.8, 4) is 11.1 Å². The minimum absolute atomic E-state index is 0.164. The third-order valence-electron chi connectivity index (χ3n) is 5.92. The van der Waals surface area contributed by atoms with E-state index in [0.717, 1.165) is 29.5 Å². The number of likely N-dealkylation sites (tertiary alicyclic amines) is 1. The number of hydrogen-bond acceptors (Lipinski definition) is 3. The lowest BCUT2D eigenvalue weighted by Gasteiger charge is -2.44. The summed E-state index contributed by atoms with van der Waals surface area (Å²) in [6.45, 7) is 6.30. The van der Waals surface area contributed by atoms with E-state index >= 15 is 0 Å². The van der Waals surface area contributed by atoms with Crippen molar-refractivity contribution in [2.24, 2.45) is 0 Å². The van der Waals surface area contributed by atoms with Gasteiger partial charge in [-0.2, -0.15) is 0 Å². The van der Waals surface area contributed by atoms with Gasteiger partial charge < -0.3 is 10.2 Å². The van der Waals surface area contributed by atoms with Gasteiger partial charge in [-0.25, -0.2) is 0 Å². The summed E-state index contributed by atoms with van der Waals surface area (Å²) in [6.07, 6.45) is 1.65. The van der Waals surface area contributed by atoms with Crippen LogP contribution in [0.1, 0.15) is 51.5 Å². The quantitative estimate of drug-likeness (QED) is 0.837. The lowest BCUT2D eigenvalue weighted by atomic mass is 9.86. The van der Waals surface area contributed by atoms with E-state index in [1.165, 1.54) is 6.42 Å². The Morgan fingerprint density at radius 3 is 2.12 bits per heavy atom. The Morgan fingerprint density at radius 1 is 0.885 bits per heavy atom. The summed E-state index contributed by atoms with van der Waals surface area (Å²) in [5, 5.41) is 22.0. The zero-order valence-electron chi connectivity index (χ0n) is 16.0. The summed E-state index contributed by atoms with van der Waals surface area (Å²) in [5.74, 6) is -0.164. The molecule has 0 radical (unpaired) electrons. The normalized spacial score (nSPS) is 24.8. The van der Waals surface area contributed by atoms with Crippen LogP contribution in [-0.4, -0.2) is 39.5 Å². The molecule has 3 nitrogen and oxygen atoms in total. The number of hydrogen-bond donors (Lipinski definition) is 2. The molecule has 1 heterocycles. The van der Waals surface area contributed by atoms with Crippen LogP contribution in [0.2, 0.25) is 0 Å². The fourth-order valence-electron chi connectivity index (χ4n) is 4.36. The number of piperidine rings is 1. The van der Waals surface area contributed by atoms with E-state index in [1.54, 1.807) is 0 Å². The lowest BCUT2D eigenvalue weighted by Crippen LogP contribution is -2.55. The van der Waals surface area contributed by atoms with Gasteiger partial charge in [0, 0.05) is 18.0 Å². The van der Waals surface area contributed by atoms with Crippen LogP contribution in [0.5, 0.6) is 0 Å². The molecule has 1 fully saturated rings. The number of aliphatic hydroxyl groups is 2. The first-order chi connectivity index (χ1) is 12.5. The van der Waals surface area contributed by atoms with E-state index < -0.39 is 12.3 Å².